The molecule has 0 saturated carbocycles. The highest BCUT2D eigenvalue weighted by Gasteiger charge is 2.38. The molecule has 348 valence electrons. The topological polar surface area (TPSA) is 77.8 Å². The Labute approximate surface area is 417 Å². The number of fused-ring (bicyclic) bond motifs is 13. The van der Waals surface area contributed by atoms with Gasteiger partial charge >= 0.3 is 0 Å². The summed E-state index contributed by atoms with van der Waals surface area (Å²) in [6.07, 6.45) is 9.53. The van der Waals surface area contributed by atoms with Crippen LogP contribution in [0.5, 0.6) is 0 Å². The number of nitrogens with zero attached hydrogens (tertiary/aromatic N) is 7. The van der Waals surface area contributed by atoms with Crippen molar-refractivity contribution >= 4 is 83.0 Å². The zero-order valence-electron chi connectivity index (χ0n) is 41.1. The van der Waals surface area contributed by atoms with Gasteiger partial charge in [0, 0.05) is 74.4 Å². The Kier molecular flexibility index (Phi) is 9.80. The maximum atomic E-state index is 6.41. The molecule has 0 fully saturated rings. The predicted molar refractivity (Wildman–Crippen MR) is 296 cm³/mol. The average molecular weight is 934 g/mol. The Morgan fingerprint density at radius 3 is 1.85 bits per heavy atom. The number of hydrogen-bond acceptors (Lipinski definition) is 6. The molecule has 0 N–H and O–H groups in total. The second kappa shape index (κ2) is 16.4. The summed E-state index contributed by atoms with van der Waals surface area (Å²) in [6.45, 7) is 13.2. The first kappa shape index (κ1) is 43.2. The summed E-state index contributed by atoms with van der Waals surface area (Å²) in [5, 5.41) is 3.44. The van der Waals surface area contributed by atoms with E-state index in [2.05, 4.69) is 192 Å². The standard InChI is InChI=1S/C31H24N4.C31H21N3O.C2H6/c1-31(2)24-17-19-33-29-28-27(14-9-18-32-28)35(30(24)29)26-16-15-23(20-25(26)31)34(21-10-5-3-6-11-21)22-12-7-4-8-13-22;1-31(2)23-12-14-32-17-26(23)34-25-10-6-13-33-28(25)22-15-18(16-24(31)29(22)34)19-8-5-9-21-20-7-3-4-11-27(20)35-30(19)21;1-2/h3-20H,1-2H3;3-17H,1-2H3;1-2H3. The zero-order valence-corrected chi connectivity index (χ0v) is 41.1. The molecule has 2 aliphatic rings. The predicted octanol–water partition coefficient (Wildman–Crippen LogP) is 16.5. The van der Waals surface area contributed by atoms with Gasteiger partial charge in [-0.25, -0.2) is 0 Å². The molecular formula is C64H51N7O. The van der Waals surface area contributed by atoms with Crippen LogP contribution in [0.1, 0.15) is 63.8 Å². The van der Waals surface area contributed by atoms with Crippen molar-refractivity contribution in [1.82, 2.24) is 29.1 Å². The maximum absolute atomic E-state index is 6.41. The van der Waals surface area contributed by atoms with Gasteiger partial charge in [-0.15, -0.1) is 0 Å². The van der Waals surface area contributed by atoms with Gasteiger partial charge in [0.25, 0.3) is 0 Å². The van der Waals surface area contributed by atoms with E-state index in [1.54, 1.807) is 0 Å². The van der Waals surface area contributed by atoms with Crippen molar-refractivity contribution < 1.29 is 4.42 Å². The molecule has 0 amide bonds. The van der Waals surface area contributed by atoms with E-state index in [4.69, 9.17) is 19.4 Å². The molecule has 0 aliphatic carbocycles. The third kappa shape index (κ3) is 6.24. The van der Waals surface area contributed by atoms with Gasteiger partial charge < -0.3 is 18.5 Å². The van der Waals surface area contributed by atoms with Crippen LogP contribution in [0.25, 0.3) is 88.4 Å². The fourth-order valence-electron chi connectivity index (χ4n) is 11.6. The molecule has 13 aromatic rings. The van der Waals surface area contributed by atoms with Gasteiger partial charge in [-0.3, -0.25) is 19.9 Å². The van der Waals surface area contributed by atoms with E-state index in [9.17, 15) is 0 Å². The summed E-state index contributed by atoms with van der Waals surface area (Å²) in [6, 6.07) is 59.9. The first-order valence-corrected chi connectivity index (χ1v) is 24.9. The fraction of sp³-hybridized carbons (Fsp3) is 0.125. The van der Waals surface area contributed by atoms with Crippen LogP contribution in [0.4, 0.5) is 17.1 Å². The highest BCUT2D eigenvalue weighted by atomic mass is 16.3. The molecule has 0 spiro atoms. The molecule has 0 saturated heterocycles. The minimum atomic E-state index is -0.198. The lowest BCUT2D eigenvalue weighted by atomic mass is 9.74. The summed E-state index contributed by atoms with van der Waals surface area (Å²) >= 11 is 0. The first-order chi connectivity index (χ1) is 35.3. The molecule has 7 aromatic heterocycles. The molecule has 0 unspecified atom stereocenters. The molecule has 0 bridgehead atoms. The average Bonchev–Trinajstić information content (AvgIpc) is 4.10. The molecule has 8 heteroatoms. The molecule has 8 nitrogen and oxygen atoms in total. The number of pyridine rings is 4. The minimum Gasteiger partial charge on any atom is -0.455 e. The maximum Gasteiger partial charge on any atom is 0.143 e. The third-order valence-corrected chi connectivity index (χ3v) is 15.0. The van der Waals surface area contributed by atoms with Crippen LogP contribution in [0.3, 0.4) is 0 Å². The van der Waals surface area contributed by atoms with Gasteiger partial charge in [0.15, 0.2) is 0 Å². The van der Waals surface area contributed by atoms with Crippen LogP contribution < -0.4 is 4.90 Å². The van der Waals surface area contributed by atoms with Crippen molar-refractivity contribution in [3.8, 4) is 22.5 Å². The minimum absolute atomic E-state index is 0.196. The number of anilines is 3. The summed E-state index contributed by atoms with van der Waals surface area (Å²) < 4.78 is 11.1. The second-order valence-electron chi connectivity index (χ2n) is 19.5. The van der Waals surface area contributed by atoms with Crippen molar-refractivity contribution in [2.24, 2.45) is 0 Å². The van der Waals surface area contributed by atoms with E-state index < -0.39 is 0 Å². The monoisotopic (exact) mass is 933 g/mol. The summed E-state index contributed by atoms with van der Waals surface area (Å²) in [5.41, 5.74) is 22.0. The second-order valence-corrected chi connectivity index (χ2v) is 19.5. The van der Waals surface area contributed by atoms with E-state index in [1.807, 2.05) is 69.1 Å². The van der Waals surface area contributed by atoms with E-state index in [1.165, 1.54) is 33.5 Å². The molecule has 0 atom stereocenters. The number of benzene rings is 6. The summed E-state index contributed by atoms with van der Waals surface area (Å²) in [5.74, 6) is 0. The highest BCUT2D eigenvalue weighted by molar-refractivity contribution is 6.14. The van der Waals surface area contributed by atoms with Crippen LogP contribution in [-0.2, 0) is 10.8 Å². The Hall–Kier alpha value is -8.88. The van der Waals surface area contributed by atoms with Crippen LogP contribution in [0.2, 0.25) is 0 Å². The van der Waals surface area contributed by atoms with Crippen molar-refractivity contribution in [2.75, 3.05) is 4.90 Å². The van der Waals surface area contributed by atoms with E-state index in [-0.39, 0.29) is 10.8 Å². The smallest absolute Gasteiger partial charge is 0.143 e. The lowest BCUT2D eigenvalue weighted by molar-refractivity contribution is 0.628. The number of para-hydroxylation sites is 4. The van der Waals surface area contributed by atoms with Crippen LogP contribution in [-0.4, -0.2) is 29.1 Å². The van der Waals surface area contributed by atoms with E-state index >= 15 is 0 Å². The molecular weight excluding hydrogens is 883 g/mol. The van der Waals surface area contributed by atoms with Crippen LogP contribution in [0.15, 0.2) is 205 Å². The largest absolute Gasteiger partial charge is 0.455 e. The molecule has 6 aromatic carbocycles. The van der Waals surface area contributed by atoms with Gasteiger partial charge in [0.1, 0.15) is 22.2 Å². The van der Waals surface area contributed by atoms with Gasteiger partial charge in [-0.05, 0) is 125 Å². The Bertz CT molecular complexity index is 4220. The van der Waals surface area contributed by atoms with Crippen molar-refractivity contribution in [3.63, 3.8) is 0 Å². The molecule has 72 heavy (non-hydrogen) atoms. The van der Waals surface area contributed by atoms with E-state index in [0.29, 0.717) is 0 Å². The highest BCUT2D eigenvalue weighted by Crippen LogP contribution is 2.51. The third-order valence-electron chi connectivity index (χ3n) is 15.0. The quantitative estimate of drug-likeness (QED) is 0.175. The van der Waals surface area contributed by atoms with Gasteiger partial charge in [-0.2, -0.15) is 0 Å². The SMILES string of the molecule is CC.CC1(C)c2cc(N(c3ccccc3)c3ccccc3)ccc2-n2c3cccnc3c3nccc1c32.CC1(C)c2ccncc2-n2c3cccnc3c3cc(-c4cccc5c4oc4ccccc45)cc1c32. The number of hydrogen-bond donors (Lipinski definition) is 0. The molecule has 9 heterocycles. The van der Waals surface area contributed by atoms with Gasteiger partial charge in [0.2, 0.25) is 0 Å². The van der Waals surface area contributed by atoms with Gasteiger partial charge in [0.05, 0.1) is 45.2 Å². The molecule has 15 rings (SSSR count). The zero-order chi connectivity index (χ0) is 48.9. The molecule has 2 aliphatic heterocycles. The lowest BCUT2D eigenvalue weighted by Gasteiger charge is -2.36. The van der Waals surface area contributed by atoms with Crippen molar-refractivity contribution in [2.45, 2.75) is 52.4 Å². The summed E-state index contributed by atoms with van der Waals surface area (Å²) in [4.78, 5) is 21.1. The Morgan fingerprint density at radius 2 is 1.08 bits per heavy atom. The summed E-state index contributed by atoms with van der Waals surface area (Å²) in [7, 11) is 0. The normalized spacial score (nSPS) is 13.6. The van der Waals surface area contributed by atoms with Crippen LogP contribution >= 0.6 is 0 Å². The van der Waals surface area contributed by atoms with Crippen LogP contribution in [0, 0.1) is 0 Å². The van der Waals surface area contributed by atoms with Gasteiger partial charge in [-0.1, -0.05) is 114 Å². The first-order valence-electron chi connectivity index (χ1n) is 24.9. The molecule has 0 radical (unpaired) electrons. The lowest BCUT2D eigenvalue weighted by Crippen LogP contribution is -2.27. The fourth-order valence-corrected chi connectivity index (χ4v) is 11.6. The number of furan rings is 1. The Balaban J connectivity index is 0.000000135. The van der Waals surface area contributed by atoms with Crippen molar-refractivity contribution in [3.05, 3.63) is 223 Å². The van der Waals surface area contributed by atoms with Crippen molar-refractivity contribution in [1.29, 1.82) is 0 Å². The number of rotatable bonds is 4. The van der Waals surface area contributed by atoms with E-state index in [0.717, 1.165) is 94.3 Å². The Morgan fingerprint density at radius 1 is 0.444 bits per heavy atom. The number of aromatic nitrogens is 6.